The number of hydrogen-bond acceptors (Lipinski definition) is 4. The van der Waals surface area contributed by atoms with E-state index >= 15 is 0 Å². The molecule has 0 fully saturated rings. The minimum absolute atomic E-state index is 0.0341. The molecule has 0 bridgehead atoms. The van der Waals surface area contributed by atoms with Crippen molar-refractivity contribution in [1.82, 2.24) is 4.90 Å². The number of hydrogen-bond donors (Lipinski definition) is 0. The van der Waals surface area contributed by atoms with Crippen LogP contribution in [0.15, 0.2) is 77.3 Å². The maximum Gasteiger partial charge on any atom is 0.264 e. The van der Waals surface area contributed by atoms with Crippen molar-refractivity contribution in [3.05, 3.63) is 93.7 Å². The molecule has 0 spiro atoms. The molecule has 0 radical (unpaired) electrons. The van der Waals surface area contributed by atoms with Crippen molar-refractivity contribution < 1.29 is 9.63 Å². The van der Waals surface area contributed by atoms with Crippen LogP contribution in [0.4, 0.5) is 0 Å². The normalized spacial score (nSPS) is 15.8. The fourth-order valence-corrected chi connectivity index (χ4v) is 4.10. The Bertz CT molecular complexity index is 967. The summed E-state index contributed by atoms with van der Waals surface area (Å²) >= 11 is 1.47. The lowest BCUT2D eigenvalue weighted by Gasteiger charge is -2.24. The first kappa shape index (κ1) is 18.4. The number of nitrogens with zero attached hydrogens (tertiary/aromatic N) is 2. The van der Waals surface area contributed by atoms with Crippen molar-refractivity contribution in [3.8, 4) is 0 Å². The van der Waals surface area contributed by atoms with Crippen molar-refractivity contribution >= 4 is 23.0 Å². The van der Waals surface area contributed by atoms with E-state index in [1.807, 2.05) is 64.9 Å². The number of carbonyl (C=O) groups excluding carboxylic acids is 1. The van der Waals surface area contributed by atoms with Crippen LogP contribution in [0.3, 0.4) is 0 Å². The Morgan fingerprint density at radius 1 is 1.11 bits per heavy atom. The van der Waals surface area contributed by atoms with Crippen LogP contribution in [0, 0.1) is 6.92 Å². The number of oxime groups is 1. The van der Waals surface area contributed by atoms with Gasteiger partial charge < -0.3 is 9.74 Å². The summed E-state index contributed by atoms with van der Waals surface area (Å²) in [7, 11) is 0. The van der Waals surface area contributed by atoms with Gasteiger partial charge in [-0.15, -0.1) is 11.3 Å². The zero-order valence-electron chi connectivity index (χ0n) is 15.7. The summed E-state index contributed by atoms with van der Waals surface area (Å²) in [5.74, 6) is 0.0341. The molecular weight excluding hydrogens is 368 g/mol. The van der Waals surface area contributed by atoms with Crippen LogP contribution < -0.4 is 0 Å². The second kappa shape index (κ2) is 8.40. The molecule has 0 N–H and O–H groups in total. The second-order valence-corrected chi connectivity index (χ2v) is 7.88. The highest BCUT2D eigenvalue weighted by Gasteiger charge is 2.28. The molecule has 2 heterocycles. The summed E-state index contributed by atoms with van der Waals surface area (Å²) in [6, 6.07) is 22.0. The monoisotopic (exact) mass is 390 g/mol. The molecule has 3 aromatic rings. The molecule has 28 heavy (non-hydrogen) atoms. The van der Waals surface area contributed by atoms with Crippen molar-refractivity contribution in [2.75, 3.05) is 6.54 Å². The Morgan fingerprint density at radius 2 is 1.89 bits per heavy atom. The smallest absolute Gasteiger partial charge is 0.264 e. The molecule has 1 aliphatic rings. The van der Waals surface area contributed by atoms with E-state index in [1.165, 1.54) is 16.9 Å². The van der Waals surface area contributed by atoms with E-state index in [9.17, 15) is 4.79 Å². The van der Waals surface area contributed by atoms with Crippen LogP contribution in [-0.4, -0.2) is 29.2 Å². The van der Waals surface area contributed by atoms with E-state index < -0.39 is 0 Å². The van der Waals surface area contributed by atoms with E-state index in [-0.39, 0.29) is 12.0 Å². The van der Waals surface area contributed by atoms with Crippen molar-refractivity contribution in [1.29, 1.82) is 0 Å². The van der Waals surface area contributed by atoms with Crippen LogP contribution in [0.1, 0.15) is 32.8 Å². The first-order chi connectivity index (χ1) is 13.7. The molecule has 1 aliphatic heterocycles. The lowest BCUT2D eigenvalue weighted by molar-refractivity contribution is 0.0408. The summed E-state index contributed by atoms with van der Waals surface area (Å²) in [4.78, 5) is 21.4. The molecule has 1 atom stereocenters. The topological polar surface area (TPSA) is 41.9 Å². The SMILES string of the molecule is Cc1ccccc1C1=NOC(CN(Cc2ccccc2)C(=O)c2cccs2)C1. The third kappa shape index (κ3) is 4.15. The first-order valence-corrected chi connectivity index (χ1v) is 10.2. The van der Waals surface area contributed by atoms with Gasteiger partial charge in [-0.3, -0.25) is 4.79 Å². The highest BCUT2D eigenvalue weighted by Crippen LogP contribution is 2.22. The summed E-state index contributed by atoms with van der Waals surface area (Å²) in [5, 5.41) is 6.24. The Balaban J connectivity index is 1.49. The van der Waals surface area contributed by atoms with E-state index in [4.69, 9.17) is 4.84 Å². The minimum Gasteiger partial charge on any atom is -0.390 e. The summed E-state index contributed by atoms with van der Waals surface area (Å²) in [6.45, 7) is 3.13. The lowest BCUT2D eigenvalue weighted by atomic mass is 10.00. The van der Waals surface area contributed by atoms with Crippen LogP contribution in [-0.2, 0) is 11.4 Å². The van der Waals surface area contributed by atoms with Gasteiger partial charge in [0.15, 0.2) is 6.10 Å². The zero-order valence-corrected chi connectivity index (χ0v) is 16.6. The average Bonchev–Trinajstić information content (AvgIpc) is 3.40. The standard InChI is InChI=1S/C23H22N2O2S/c1-17-8-5-6-11-20(17)21-14-19(27-24-21)16-25(15-18-9-3-2-4-10-18)23(26)22-12-7-13-28-22/h2-13,19H,14-16H2,1H3. The van der Waals surface area contributed by atoms with Gasteiger partial charge in [0.25, 0.3) is 5.91 Å². The van der Waals surface area contributed by atoms with Gasteiger partial charge in [-0.05, 0) is 29.5 Å². The van der Waals surface area contributed by atoms with E-state index in [2.05, 4.69) is 24.2 Å². The van der Waals surface area contributed by atoms with Crippen LogP contribution in [0.25, 0.3) is 0 Å². The fraction of sp³-hybridized carbons (Fsp3) is 0.217. The molecule has 2 aromatic carbocycles. The Hall–Kier alpha value is -2.92. The van der Waals surface area contributed by atoms with Gasteiger partial charge in [0.2, 0.25) is 0 Å². The second-order valence-electron chi connectivity index (χ2n) is 6.93. The summed E-state index contributed by atoms with van der Waals surface area (Å²) in [6.07, 6.45) is 0.565. The predicted octanol–water partition coefficient (Wildman–Crippen LogP) is 4.89. The van der Waals surface area contributed by atoms with Crippen LogP contribution in [0.2, 0.25) is 0 Å². The van der Waals surface area contributed by atoms with Gasteiger partial charge in [0, 0.05) is 18.5 Å². The molecule has 5 heteroatoms. The largest absolute Gasteiger partial charge is 0.390 e. The van der Waals surface area contributed by atoms with Crippen LogP contribution >= 0.6 is 11.3 Å². The Morgan fingerprint density at radius 3 is 2.64 bits per heavy atom. The number of thiophene rings is 1. The van der Waals surface area contributed by atoms with Crippen molar-refractivity contribution in [2.24, 2.45) is 5.16 Å². The number of aryl methyl sites for hydroxylation is 1. The highest BCUT2D eigenvalue weighted by atomic mass is 32.1. The molecule has 0 saturated carbocycles. The number of carbonyl (C=O) groups is 1. The van der Waals surface area contributed by atoms with Gasteiger partial charge in [-0.1, -0.05) is 65.8 Å². The zero-order chi connectivity index (χ0) is 19.3. The molecule has 4 nitrogen and oxygen atoms in total. The summed E-state index contributed by atoms with van der Waals surface area (Å²) in [5.41, 5.74) is 4.35. The summed E-state index contributed by atoms with van der Waals surface area (Å²) < 4.78 is 0. The van der Waals surface area contributed by atoms with Gasteiger partial charge in [0.05, 0.1) is 17.1 Å². The number of rotatable bonds is 6. The van der Waals surface area contributed by atoms with Gasteiger partial charge in [-0.25, -0.2) is 0 Å². The maximum atomic E-state index is 13.0. The molecule has 142 valence electrons. The van der Waals surface area contributed by atoms with Crippen molar-refractivity contribution in [2.45, 2.75) is 26.0 Å². The van der Waals surface area contributed by atoms with E-state index in [0.29, 0.717) is 19.5 Å². The fourth-order valence-electron chi connectivity index (χ4n) is 3.41. The third-order valence-electron chi connectivity index (χ3n) is 4.85. The first-order valence-electron chi connectivity index (χ1n) is 9.36. The van der Waals surface area contributed by atoms with Gasteiger partial charge in [-0.2, -0.15) is 0 Å². The minimum atomic E-state index is -0.137. The molecule has 0 aliphatic carbocycles. The molecule has 0 saturated heterocycles. The van der Waals surface area contributed by atoms with E-state index in [1.54, 1.807) is 0 Å². The number of amides is 1. The average molecular weight is 391 g/mol. The molecule has 1 amide bonds. The third-order valence-corrected chi connectivity index (χ3v) is 5.71. The quantitative estimate of drug-likeness (QED) is 0.601. The molecule has 1 aromatic heterocycles. The predicted molar refractivity (Wildman–Crippen MR) is 113 cm³/mol. The number of benzene rings is 2. The highest BCUT2D eigenvalue weighted by molar-refractivity contribution is 7.12. The Labute approximate surface area is 169 Å². The van der Waals surface area contributed by atoms with Crippen molar-refractivity contribution in [3.63, 3.8) is 0 Å². The molecule has 4 rings (SSSR count). The van der Waals surface area contributed by atoms with Gasteiger partial charge >= 0.3 is 0 Å². The maximum absolute atomic E-state index is 13.0. The van der Waals surface area contributed by atoms with Gasteiger partial charge in [0.1, 0.15) is 0 Å². The van der Waals surface area contributed by atoms with Crippen LogP contribution in [0.5, 0.6) is 0 Å². The molecular formula is C23H22N2O2S. The Kier molecular flexibility index (Phi) is 5.53. The van der Waals surface area contributed by atoms with E-state index in [0.717, 1.165) is 21.7 Å². The lowest BCUT2D eigenvalue weighted by Crippen LogP contribution is -2.37. The molecule has 1 unspecified atom stereocenters.